The van der Waals surface area contributed by atoms with Crippen molar-refractivity contribution in [3.63, 3.8) is 0 Å². The zero-order chi connectivity index (χ0) is 15.6. The van der Waals surface area contributed by atoms with Gasteiger partial charge in [-0.15, -0.1) is 6.58 Å². The van der Waals surface area contributed by atoms with E-state index in [1.54, 1.807) is 17.7 Å². The van der Waals surface area contributed by atoms with Gasteiger partial charge in [0, 0.05) is 26.4 Å². The quantitative estimate of drug-likeness (QED) is 0.617. The third-order valence-corrected chi connectivity index (χ3v) is 4.10. The summed E-state index contributed by atoms with van der Waals surface area (Å²) in [7, 11) is 3.09. The lowest BCUT2D eigenvalue weighted by atomic mass is 10.5. The van der Waals surface area contributed by atoms with Gasteiger partial charge in [-0.05, 0) is 6.92 Å². The highest BCUT2D eigenvalue weighted by molar-refractivity contribution is 7.99. The minimum atomic E-state index is -0.374. The molecule has 6 nitrogen and oxygen atoms in total. The third kappa shape index (κ3) is 2.61. The summed E-state index contributed by atoms with van der Waals surface area (Å²) in [6, 6.07) is 0. The Labute approximate surface area is 126 Å². The van der Waals surface area contributed by atoms with Crippen molar-refractivity contribution in [2.24, 2.45) is 14.1 Å². The number of fused-ring (bicyclic) bond motifs is 1. The van der Waals surface area contributed by atoms with Crippen LogP contribution in [0.5, 0.6) is 0 Å². The molecule has 0 bridgehead atoms. The number of aryl methyl sites for hydroxylation is 1. The molecule has 2 heterocycles. The van der Waals surface area contributed by atoms with E-state index in [1.165, 1.54) is 23.4 Å². The summed E-state index contributed by atoms with van der Waals surface area (Å²) in [6.07, 6.45) is 5.69. The van der Waals surface area contributed by atoms with Crippen molar-refractivity contribution in [3.8, 4) is 0 Å². The van der Waals surface area contributed by atoms with E-state index >= 15 is 0 Å². The topological polar surface area (TPSA) is 61.8 Å². The number of nitrogens with zero attached hydrogens (tertiary/aromatic N) is 4. The lowest BCUT2D eigenvalue weighted by molar-refractivity contribution is 0.700. The molecule has 0 aromatic carbocycles. The molecule has 0 spiro atoms. The van der Waals surface area contributed by atoms with E-state index in [0.717, 1.165) is 10.3 Å². The molecule has 0 saturated carbocycles. The van der Waals surface area contributed by atoms with Crippen molar-refractivity contribution in [1.29, 1.82) is 0 Å². The first-order chi connectivity index (χ1) is 10.0. The smallest absolute Gasteiger partial charge is 0.309 e. The van der Waals surface area contributed by atoms with Crippen molar-refractivity contribution < 1.29 is 0 Å². The predicted octanol–water partition coefficient (Wildman–Crippen LogP) is 1.29. The minimum absolute atomic E-state index is 0.333. The molecule has 112 valence electrons. The second kappa shape index (κ2) is 6.17. The Kier molecular flexibility index (Phi) is 4.52. The van der Waals surface area contributed by atoms with Crippen molar-refractivity contribution in [2.75, 3.05) is 5.75 Å². The zero-order valence-corrected chi connectivity index (χ0v) is 13.2. The van der Waals surface area contributed by atoms with Gasteiger partial charge in [0.05, 0.1) is 0 Å². The van der Waals surface area contributed by atoms with Crippen molar-refractivity contribution in [1.82, 2.24) is 18.7 Å². The molecule has 0 atom stereocenters. The monoisotopic (exact) mass is 306 g/mol. The average Bonchev–Trinajstić information content (AvgIpc) is 2.83. The third-order valence-electron chi connectivity index (χ3n) is 3.17. The molecule has 2 rings (SSSR count). The van der Waals surface area contributed by atoms with Crippen molar-refractivity contribution in [2.45, 2.75) is 18.6 Å². The summed E-state index contributed by atoms with van der Waals surface area (Å²) in [5.74, 6) is 0.755. The van der Waals surface area contributed by atoms with Crippen LogP contribution in [0.3, 0.4) is 0 Å². The number of imidazole rings is 1. The van der Waals surface area contributed by atoms with Gasteiger partial charge >= 0.3 is 5.69 Å². The lowest BCUT2D eigenvalue weighted by Crippen LogP contribution is -2.37. The highest BCUT2D eigenvalue weighted by atomic mass is 32.2. The van der Waals surface area contributed by atoms with Gasteiger partial charge in [0.15, 0.2) is 16.3 Å². The van der Waals surface area contributed by atoms with Crippen LogP contribution in [0.25, 0.3) is 11.2 Å². The second-order valence-corrected chi connectivity index (χ2v) is 5.54. The fraction of sp³-hybridized carbons (Fsp3) is 0.357. The molecule has 0 aliphatic heterocycles. The highest BCUT2D eigenvalue weighted by Crippen LogP contribution is 2.21. The Bertz CT molecular complexity index is 826. The van der Waals surface area contributed by atoms with Gasteiger partial charge in [-0.2, -0.15) is 0 Å². The van der Waals surface area contributed by atoms with Gasteiger partial charge in [0.25, 0.3) is 5.56 Å². The maximum Gasteiger partial charge on any atom is 0.332 e. The summed E-state index contributed by atoms with van der Waals surface area (Å²) < 4.78 is 4.30. The fourth-order valence-electron chi connectivity index (χ4n) is 2.05. The van der Waals surface area contributed by atoms with E-state index < -0.39 is 0 Å². The summed E-state index contributed by atoms with van der Waals surface area (Å²) >= 11 is 1.52. The molecule has 0 aliphatic rings. The van der Waals surface area contributed by atoms with E-state index in [0.29, 0.717) is 22.9 Å². The number of hydrogen-bond donors (Lipinski definition) is 0. The van der Waals surface area contributed by atoms with Crippen LogP contribution in [0.1, 0.15) is 6.92 Å². The molecule has 0 unspecified atom stereocenters. The second-order valence-electron chi connectivity index (χ2n) is 4.55. The van der Waals surface area contributed by atoms with Gasteiger partial charge in [-0.25, -0.2) is 9.78 Å². The standard InChI is InChI=1S/C14H18N4O2S/c1-5-7-9-21-13-15-11-10(18(13)8-6-2)12(19)17(4)14(20)16(11)3/h5-7H,2,8-9H2,1,3-4H3. The molecule has 2 aromatic heterocycles. The van der Waals surface area contributed by atoms with Gasteiger partial charge in [-0.1, -0.05) is 30.0 Å². The van der Waals surface area contributed by atoms with Crippen LogP contribution in [0, 0.1) is 0 Å². The van der Waals surface area contributed by atoms with Crippen LogP contribution >= 0.6 is 11.8 Å². The number of hydrogen-bond acceptors (Lipinski definition) is 4. The minimum Gasteiger partial charge on any atom is -0.309 e. The van der Waals surface area contributed by atoms with Gasteiger partial charge in [0.2, 0.25) is 0 Å². The Morgan fingerprint density at radius 3 is 2.62 bits per heavy atom. The molecular formula is C14H18N4O2S. The Morgan fingerprint density at radius 1 is 1.29 bits per heavy atom. The Morgan fingerprint density at radius 2 is 2.00 bits per heavy atom. The molecule has 0 amide bonds. The normalized spacial score (nSPS) is 11.6. The first-order valence-electron chi connectivity index (χ1n) is 6.54. The fourth-order valence-corrected chi connectivity index (χ4v) is 2.96. The zero-order valence-electron chi connectivity index (χ0n) is 12.4. The molecule has 2 aromatic rings. The van der Waals surface area contributed by atoms with Gasteiger partial charge in [0.1, 0.15) is 0 Å². The van der Waals surface area contributed by atoms with Gasteiger partial charge < -0.3 is 4.57 Å². The molecule has 0 aliphatic carbocycles. The Balaban J connectivity index is 2.76. The van der Waals surface area contributed by atoms with Crippen LogP contribution in [-0.2, 0) is 20.6 Å². The molecule has 7 heteroatoms. The van der Waals surface area contributed by atoms with Crippen molar-refractivity contribution in [3.05, 3.63) is 45.6 Å². The molecule has 0 saturated heterocycles. The Hall–Kier alpha value is -2.02. The van der Waals surface area contributed by atoms with E-state index in [4.69, 9.17) is 0 Å². The van der Waals surface area contributed by atoms with Crippen LogP contribution in [-0.4, -0.2) is 24.4 Å². The maximum atomic E-state index is 12.4. The average molecular weight is 306 g/mol. The number of rotatable bonds is 5. The van der Waals surface area contributed by atoms with E-state index in [-0.39, 0.29) is 11.2 Å². The number of thioether (sulfide) groups is 1. The molecule has 0 fully saturated rings. The highest BCUT2D eigenvalue weighted by Gasteiger charge is 2.18. The maximum absolute atomic E-state index is 12.4. The van der Waals surface area contributed by atoms with E-state index in [9.17, 15) is 9.59 Å². The predicted molar refractivity (Wildman–Crippen MR) is 86.0 cm³/mol. The van der Waals surface area contributed by atoms with Crippen LogP contribution < -0.4 is 11.2 Å². The van der Waals surface area contributed by atoms with Crippen LogP contribution in [0.2, 0.25) is 0 Å². The summed E-state index contributed by atoms with van der Waals surface area (Å²) in [4.78, 5) is 28.8. The lowest BCUT2D eigenvalue weighted by Gasteiger charge is -2.06. The number of aromatic nitrogens is 4. The summed E-state index contributed by atoms with van der Waals surface area (Å²) in [5.41, 5.74) is 0.136. The molecular weight excluding hydrogens is 288 g/mol. The van der Waals surface area contributed by atoms with Crippen molar-refractivity contribution >= 4 is 22.9 Å². The molecule has 21 heavy (non-hydrogen) atoms. The summed E-state index contributed by atoms with van der Waals surface area (Å²) in [6.45, 7) is 6.15. The molecule has 0 N–H and O–H groups in total. The van der Waals surface area contributed by atoms with Crippen LogP contribution in [0.4, 0.5) is 0 Å². The van der Waals surface area contributed by atoms with Gasteiger partial charge in [-0.3, -0.25) is 13.9 Å². The first kappa shape index (κ1) is 15.4. The SMILES string of the molecule is C=CCn1c(SCC=CC)nc2c1c(=O)n(C)c(=O)n2C. The molecule has 0 radical (unpaired) electrons. The largest absolute Gasteiger partial charge is 0.332 e. The van der Waals surface area contributed by atoms with E-state index in [1.807, 2.05) is 19.1 Å². The number of allylic oxidation sites excluding steroid dienone is 2. The first-order valence-corrected chi connectivity index (χ1v) is 7.52. The van der Waals surface area contributed by atoms with Crippen LogP contribution in [0.15, 0.2) is 39.6 Å². The van der Waals surface area contributed by atoms with E-state index in [2.05, 4.69) is 11.6 Å². The summed E-state index contributed by atoms with van der Waals surface area (Å²) in [5, 5.41) is 0.710.